The molecule has 0 spiro atoms. The first kappa shape index (κ1) is 17.7. The number of hydrogen-bond acceptors (Lipinski definition) is 2. The molecule has 0 amide bonds. The fourth-order valence-electron chi connectivity index (χ4n) is 5.15. The van der Waals surface area contributed by atoms with Crippen LogP contribution in [0.15, 0.2) is 54.6 Å². The summed E-state index contributed by atoms with van der Waals surface area (Å²) in [4.78, 5) is 15.6. The fraction of sp³-hybridized carbons (Fsp3) is 0.400. The van der Waals surface area contributed by atoms with E-state index in [9.17, 15) is 4.79 Å². The van der Waals surface area contributed by atoms with Gasteiger partial charge in [-0.25, -0.2) is 0 Å². The van der Waals surface area contributed by atoms with E-state index in [2.05, 4.69) is 71.0 Å². The number of fused-ring (bicyclic) bond motifs is 3. The summed E-state index contributed by atoms with van der Waals surface area (Å²) < 4.78 is 2.26. The summed E-state index contributed by atoms with van der Waals surface area (Å²) in [6.07, 6.45) is 3.48. The lowest BCUT2D eigenvalue weighted by Gasteiger charge is -2.32. The highest BCUT2D eigenvalue weighted by atomic mass is 16.1. The van der Waals surface area contributed by atoms with E-state index in [0.717, 1.165) is 38.3 Å². The molecule has 0 radical (unpaired) electrons. The summed E-state index contributed by atoms with van der Waals surface area (Å²) in [6, 6.07) is 19.2. The number of hydrogen-bond donors (Lipinski definition) is 0. The lowest BCUT2D eigenvalue weighted by molar-refractivity contribution is 0.0894. The summed E-state index contributed by atoms with van der Waals surface area (Å²) in [5.41, 5.74) is 4.81. The topological polar surface area (TPSA) is 25.2 Å². The van der Waals surface area contributed by atoms with Crippen molar-refractivity contribution in [1.29, 1.82) is 0 Å². The van der Waals surface area contributed by atoms with Crippen LogP contribution in [0.25, 0.3) is 10.9 Å². The summed E-state index contributed by atoms with van der Waals surface area (Å²) in [6.45, 7) is 6.34. The molecule has 1 aromatic heterocycles. The minimum atomic E-state index is 0.172. The van der Waals surface area contributed by atoms with Crippen LogP contribution in [0.4, 0.5) is 0 Å². The van der Waals surface area contributed by atoms with Gasteiger partial charge in [0.15, 0.2) is 5.78 Å². The molecule has 2 aliphatic rings. The Labute approximate surface area is 167 Å². The first-order valence-corrected chi connectivity index (χ1v) is 10.6. The number of likely N-dealkylation sites (tertiary alicyclic amines) is 1. The van der Waals surface area contributed by atoms with Crippen molar-refractivity contribution in [3.63, 3.8) is 0 Å². The van der Waals surface area contributed by atoms with Gasteiger partial charge in [0.2, 0.25) is 0 Å². The molecule has 1 atom stereocenters. The quantitative estimate of drug-likeness (QED) is 0.639. The molecule has 0 aliphatic carbocycles. The van der Waals surface area contributed by atoms with Gasteiger partial charge in [-0.05, 0) is 68.5 Å². The molecule has 2 aliphatic heterocycles. The normalized spacial score (nSPS) is 20.8. The van der Waals surface area contributed by atoms with Crippen molar-refractivity contribution in [2.45, 2.75) is 39.3 Å². The highest BCUT2D eigenvalue weighted by Crippen LogP contribution is 2.35. The second-order valence-corrected chi connectivity index (χ2v) is 8.65. The molecule has 3 heteroatoms. The predicted molar refractivity (Wildman–Crippen MR) is 114 cm³/mol. The number of nitrogens with zero attached hydrogens (tertiary/aromatic N) is 2. The molecule has 144 valence electrons. The maximum absolute atomic E-state index is 13.0. The Kier molecular flexibility index (Phi) is 4.56. The van der Waals surface area contributed by atoms with Crippen LogP contribution < -0.4 is 0 Å². The maximum atomic E-state index is 13.0. The first-order valence-electron chi connectivity index (χ1n) is 10.6. The van der Waals surface area contributed by atoms with E-state index in [0.29, 0.717) is 11.7 Å². The van der Waals surface area contributed by atoms with Gasteiger partial charge in [-0.3, -0.25) is 9.69 Å². The van der Waals surface area contributed by atoms with E-state index in [1.54, 1.807) is 0 Å². The molecular formula is C25H28N2O. The van der Waals surface area contributed by atoms with Crippen LogP contribution in [-0.4, -0.2) is 28.3 Å². The summed E-state index contributed by atoms with van der Waals surface area (Å²) in [5.74, 6) is 1.21. The van der Waals surface area contributed by atoms with Crippen molar-refractivity contribution >= 4 is 16.7 Å². The van der Waals surface area contributed by atoms with Crippen LogP contribution >= 0.6 is 0 Å². The Morgan fingerprint density at radius 3 is 2.57 bits per heavy atom. The van der Waals surface area contributed by atoms with Crippen LogP contribution in [0.1, 0.15) is 40.9 Å². The number of aromatic nitrogens is 1. The Morgan fingerprint density at radius 1 is 1.00 bits per heavy atom. The molecule has 0 saturated carbocycles. The monoisotopic (exact) mass is 372 g/mol. The van der Waals surface area contributed by atoms with Crippen LogP contribution in [0, 0.1) is 18.8 Å². The molecule has 3 nitrogen and oxygen atoms in total. The average molecular weight is 373 g/mol. The number of benzene rings is 2. The molecule has 3 aromatic rings. The molecule has 1 unspecified atom stereocenters. The number of piperidine rings is 1. The maximum Gasteiger partial charge on any atom is 0.184 e. The van der Waals surface area contributed by atoms with E-state index < -0.39 is 0 Å². The Morgan fingerprint density at radius 2 is 1.79 bits per heavy atom. The van der Waals surface area contributed by atoms with Gasteiger partial charge in [-0.15, -0.1) is 0 Å². The summed E-state index contributed by atoms with van der Waals surface area (Å²) in [7, 11) is 0. The molecule has 0 bridgehead atoms. The molecule has 28 heavy (non-hydrogen) atoms. The minimum Gasteiger partial charge on any atom is -0.337 e. The summed E-state index contributed by atoms with van der Waals surface area (Å²) in [5, 5.41) is 1.23. The van der Waals surface area contributed by atoms with Gasteiger partial charge in [0.05, 0.1) is 5.69 Å². The fourth-order valence-corrected chi connectivity index (χ4v) is 5.15. The number of aryl methyl sites for hydroxylation is 1. The predicted octanol–water partition coefficient (Wildman–Crippen LogP) is 5.06. The number of carbonyl (C=O) groups is 1. The standard InChI is InChI=1S/C25H28N2O/c1-18-6-5-9-23-22(18)15-24-25(28)21(17-27(23)24)14-19-10-12-26(13-11-19)16-20-7-3-2-4-8-20/h2-9,15,19,21H,10-14,16-17H2,1H3. The number of ketones is 1. The van der Waals surface area contributed by atoms with Crippen LogP contribution in [0.2, 0.25) is 0 Å². The number of carbonyl (C=O) groups excluding carboxylic acids is 1. The van der Waals surface area contributed by atoms with Crippen molar-refractivity contribution in [3.05, 3.63) is 71.4 Å². The lowest BCUT2D eigenvalue weighted by Crippen LogP contribution is -2.34. The zero-order valence-electron chi connectivity index (χ0n) is 16.6. The van der Waals surface area contributed by atoms with Crippen molar-refractivity contribution in [3.8, 4) is 0 Å². The van der Waals surface area contributed by atoms with Crippen LogP contribution in [0.3, 0.4) is 0 Å². The third kappa shape index (κ3) is 3.18. The third-order valence-electron chi connectivity index (χ3n) is 6.76. The molecule has 5 rings (SSSR count). The highest BCUT2D eigenvalue weighted by molar-refractivity contribution is 6.04. The van der Waals surface area contributed by atoms with Crippen molar-refractivity contribution < 1.29 is 4.79 Å². The number of rotatable bonds is 4. The SMILES string of the molecule is Cc1cccc2c1cc1n2CC(CC2CCN(Cc3ccccc3)CC2)C1=O. The van der Waals surface area contributed by atoms with Gasteiger partial charge in [-0.2, -0.15) is 0 Å². The third-order valence-corrected chi connectivity index (χ3v) is 6.76. The van der Waals surface area contributed by atoms with Gasteiger partial charge >= 0.3 is 0 Å². The van der Waals surface area contributed by atoms with Gasteiger partial charge < -0.3 is 4.57 Å². The minimum absolute atomic E-state index is 0.172. The molecule has 0 N–H and O–H groups in total. The zero-order chi connectivity index (χ0) is 19.1. The van der Waals surface area contributed by atoms with E-state index in [4.69, 9.17) is 0 Å². The van der Waals surface area contributed by atoms with Crippen LogP contribution in [-0.2, 0) is 13.1 Å². The Balaban J connectivity index is 1.21. The average Bonchev–Trinajstić information content (AvgIpc) is 3.23. The van der Waals surface area contributed by atoms with Crippen molar-refractivity contribution in [2.75, 3.05) is 13.1 Å². The van der Waals surface area contributed by atoms with Gasteiger partial charge in [0, 0.05) is 29.9 Å². The van der Waals surface area contributed by atoms with Gasteiger partial charge in [-0.1, -0.05) is 42.5 Å². The molecule has 2 aromatic carbocycles. The largest absolute Gasteiger partial charge is 0.337 e. The van der Waals surface area contributed by atoms with E-state index in [1.807, 2.05) is 0 Å². The molecule has 1 fully saturated rings. The first-order chi connectivity index (χ1) is 13.7. The molecule has 3 heterocycles. The van der Waals surface area contributed by atoms with Gasteiger partial charge in [0.1, 0.15) is 0 Å². The van der Waals surface area contributed by atoms with Crippen molar-refractivity contribution in [1.82, 2.24) is 9.47 Å². The van der Waals surface area contributed by atoms with Gasteiger partial charge in [0.25, 0.3) is 0 Å². The second kappa shape index (κ2) is 7.21. The Hall–Kier alpha value is -2.39. The van der Waals surface area contributed by atoms with Crippen molar-refractivity contribution in [2.24, 2.45) is 11.8 Å². The van der Waals surface area contributed by atoms with E-state index >= 15 is 0 Å². The lowest BCUT2D eigenvalue weighted by atomic mass is 9.85. The molecule has 1 saturated heterocycles. The van der Waals surface area contributed by atoms with E-state index in [1.165, 1.54) is 34.9 Å². The Bertz CT molecular complexity index is 996. The van der Waals surface area contributed by atoms with Crippen LogP contribution in [0.5, 0.6) is 0 Å². The number of Topliss-reactive ketones (excluding diaryl/α,β-unsaturated/α-hetero) is 1. The summed E-state index contributed by atoms with van der Waals surface area (Å²) >= 11 is 0. The van der Waals surface area contributed by atoms with E-state index in [-0.39, 0.29) is 5.92 Å². The second-order valence-electron chi connectivity index (χ2n) is 8.65. The molecular weight excluding hydrogens is 344 g/mol. The smallest absolute Gasteiger partial charge is 0.184 e. The highest BCUT2D eigenvalue weighted by Gasteiger charge is 2.34. The zero-order valence-corrected chi connectivity index (χ0v) is 16.6.